The first-order valence-corrected chi connectivity index (χ1v) is 15.6. The van der Waals surface area contributed by atoms with Gasteiger partial charge in [-0.2, -0.15) is 0 Å². The lowest BCUT2D eigenvalue weighted by molar-refractivity contribution is 0.922. The second kappa shape index (κ2) is 10.4. The minimum absolute atomic E-state index is 0.882. The van der Waals surface area contributed by atoms with Crippen LogP contribution in [0.25, 0.3) is 83.9 Å². The predicted octanol–water partition coefficient (Wildman–Crippen LogP) is 8.20. The monoisotopic (exact) mass is 610 g/mol. The first kappa shape index (κ1) is 27.1. The summed E-state index contributed by atoms with van der Waals surface area (Å²) < 4.78 is 8.66. The Morgan fingerprint density at radius 3 is 2.04 bits per heavy atom. The molecule has 0 saturated carbocycles. The molecule has 0 atom stereocenters. The standard InChI is InChI=1S/C39H30N8/c1-44-19-17-41-37(44)26-14-15-34-28(22-26)29-23-30(38-42-18-20-45(38)2)31(39-43-33-12-4-5-13-35(33)46(39)3)24-36(29)47(34)27-10-8-9-25(21-27)32-11-6-7-16-40-32/h4-24H,1-3H3. The molecule has 0 spiro atoms. The number of hydrogen-bond acceptors (Lipinski definition) is 4. The summed E-state index contributed by atoms with van der Waals surface area (Å²) in [5.74, 6) is 2.69. The van der Waals surface area contributed by atoms with E-state index in [1.165, 1.54) is 0 Å². The quantitative estimate of drug-likeness (QED) is 0.197. The minimum Gasteiger partial charge on any atom is -0.334 e. The summed E-state index contributed by atoms with van der Waals surface area (Å²) in [5, 5.41) is 2.26. The Balaban J connectivity index is 1.40. The molecule has 5 aromatic heterocycles. The Bertz CT molecular complexity index is 2620. The molecule has 0 amide bonds. The van der Waals surface area contributed by atoms with Crippen LogP contribution in [0.1, 0.15) is 0 Å². The van der Waals surface area contributed by atoms with Gasteiger partial charge >= 0.3 is 0 Å². The first-order valence-electron chi connectivity index (χ1n) is 15.6. The topological polar surface area (TPSA) is 71.3 Å². The zero-order valence-corrected chi connectivity index (χ0v) is 26.2. The Labute approximate surface area is 270 Å². The molecule has 0 aliphatic carbocycles. The number of rotatable bonds is 5. The van der Waals surface area contributed by atoms with Crippen molar-refractivity contribution in [2.24, 2.45) is 21.1 Å². The zero-order valence-electron chi connectivity index (χ0n) is 26.2. The van der Waals surface area contributed by atoms with E-state index in [1.54, 1.807) is 0 Å². The Hall–Kier alpha value is -6.28. The van der Waals surface area contributed by atoms with Gasteiger partial charge in [0, 0.05) is 90.8 Å². The van der Waals surface area contributed by atoms with Crippen molar-refractivity contribution in [1.82, 2.24) is 38.2 Å². The number of fused-ring (bicyclic) bond motifs is 4. The van der Waals surface area contributed by atoms with Crippen LogP contribution in [0.3, 0.4) is 0 Å². The number of nitrogens with zero attached hydrogens (tertiary/aromatic N) is 8. The number of hydrogen-bond donors (Lipinski definition) is 0. The van der Waals surface area contributed by atoms with Crippen LogP contribution in [0.15, 0.2) is 128 Å². The second-order valence-corrected chi connectivity index (χ2v) is 12.0. The van der Waals surface area contributed by atoms with Gasteiger partial charge in [-0.3, -0.25) is 4.98 Å². The lowest BCUT2D eigenvalue weighted by atomic mass is 10.0. The highest BCUT2D eigenvalue weighted by molar-refractivity contribution is 6.13. The summed E-state index contributed by atoms with van der Waals surface area (Å²) in [5.41, 5.74) is 10.4. The molecule has 9 rings (SSSR count). The van der Waals surface area contributed by atoms with Crippen molar-refractivity contribution < 1.29 is 0 Å². The fourth-order valence-corrected chi connectivity index (χ4v) is 6.85. The smallest absolute Gasteiger partial charge is 0.141 e. The molecule has 226 valence electrons. The second-order valence-electron chi connectivity index (χ2n) is 12.0. The third kappa shape index (κ3) is 4.22. The van der Waals surface area contributed by atoms with E-state index in [9.17, 15) is 0 Å². The zero-order chi connectivity index (χ0) is 31.6. The van der Waals surface area contributed by atoms with Crippen LogP contribution in [0.4, 0.5) is 0 Å². The van der Waals surface area contributed by atoms with Gasteiger partial charge in [-0.15, -0.1) is 0 Å². The fourth-order valence-electron chi connectivity index (χ4n) is 6.85. The summed E-state index contributed by atoms with van der Waals surface area (Å²) in [4.78, 5) is 19.3. The molecule has 8 nitrogen and oxygen atoms in total. The summed E-state index contributed by atoms with van der Waals surface area (Å²) in [7, 11) is 6.15. The molecular weight excluding hydrogens is 580 g/mol. The minimum atomic E-state index is 0.882. The highest BCUT2D eigenvalue weighted by Crippen LogP contribution is 2.42. The molecule has 0 saturated heterocycles. The fraction of sp³-hybridized carbons (Fsp3) is 0.0769. The van der Waals surface area contributed by atoms with Crippen LogP contribution >= 0.6 is 0 Å². The van der Waals surface area contributed by atoms with Crippen LogP contribution in [-0.4, -0.2) is 38.2 Å². The lowest BCUT2D eigenvalue weighted by Crippen LogP contribution is -2.00. The maximum Gasteiger partial charge on any atom is 0.141 e. The first-order chi connectivity index (χ1) is 23.0. The molecular formula is C39H30N8. The van der Waals surface area contributed by atoms with E-state index in [4.69, 9.17) is 9.97 Å². The van der Waals surface area contributed by atoms with Crippen molar-refractivity contribution in [3.63, 3.8) is 0 Å². The molecule has 8 heteroatoms. The number of para-hydroxylation sites is 2. The molecule has 9 aromatic rings. The van der Waals surface area contributed by atoms with E-state index in [0.717, 1.165) is 83.9 Å². The van der Waals surface area contributed by atoms with E-state index in [2.05, 4.69) is 108 Å². The number of imidazole rings is 3. The summed E-state index contributed by atoms with van der Waals surface area (Å²) in [6.07, 6.45) is 9.50. The number of aromatic nitrogens is 8. The van der Waals surface area contributed by atoms with Crippen LogP contribution in [0.5, 0.6) is 0 Å². The summed E-state index contributed by atoms with van der Waals surface area (Å²) in [6, 6.07) is 34.1. The Morgan fingerprint density at radius 1 is 0.511 bits per heavy atom. The van der Waals surface area contributed by atoms with E-state index in [1.807, 2.05) is 69.3 Å². The Morgan fingerprint density at radius 2 is 1.28 bits per heavy atom. The van der Waals surface area contributed by atoms with E-state index < -0.39 is 0 Å². The highest BCUT2D eigenvalue weighted by atomic mass is 15.1. The molecule has 5 heterocycles. The largest absolute Gasteiger partial charge is 0.334 e. The lowest BCUT2D eigenvalue weighted by Gasteiger charge is -2.14. The van der Waals surface area contributed by atoms with Crippen molar-refractivity contribution in [3.8, 4) is 51.1 Å². The van der Waals surface area contributed by atoms with Gasteiger partial charge in [0.2, 0.25) is 0 Å². The SMILES string of the molecule is Cn1ccnc1-c1ccc2c(c1)c1cc(-c3nccn3C)c(-c3nc4ccccc4n3C)cc1n2-c1cccc(-c2ccccn2)c1. The molecule has 0 fully saturated rings. The van der Waals surface area contributed by atoms with Gasteiger partial charge in [-0.25, -0.2) is 15.0 Å². The molecule has 0 aliphatic heterocycles. The number of benzene rings is 4. The van der Waals surface area contributed by atoms with Gasteiger partial charge in [-0.1, -0.05) is 30.3 Å². The third-order valence-electron chi connectivity index (χ3n) is 9.14. The predicted molar refractivity (Wildman–Crippen MR) is 188 cm³/mol. The molecule has 0 unspecified atom stereocenters. The Kier molecular flexibility index (Phi) is 5.98. The van der Waals surface area contributed by atoms with E-state index >= 15 is 0 Å². The van der Waals surface area contributed by atoms with Gasteiger partial charge in [0.25, 0.3) is 0 Å². The number of aryl methyl sites for hydroxylation is 3. The molecule has 4 aromatic carbocycles. The van der Waals surface area contributed by atoms with Crippen molar-refractivity contribution in [1.29, 1.82) is 0 Å². The van der Waals surface area contributed by atoms with Crippen LogP contribution in [-0.2, 0) is 21.1 Å². The molecule has 0 aliphatic rings. The molecule has 47 heavy (non-hydrogen) atoms. The summed E-state index contributed by atoms with van der Waals surface area (Å²) in [6.45, 7) is 0. The van der Waals surface area contributed by atoms with Gasteiger partial charge in [0.05, 0.1) is 27.8 Å². The summed E-state index contributed by atoms with van der Waals surface area (Å²) >= 11 is 0. The van der Waals surface area contributed by atoms with Crippen LogP contribution in [0.2, 0.25) is 0 Å². The maximum atomic E-state index is 5.15. The molecule has 0 N–H and O–H groups in total. The van der Waals surface area contributed by atoms with Gasteiger partial charge < -0.3 is 18.3 Å². The van der Waals surface area contributed by atoms with Gasteiger partial charge in [0.1, 0.15) is 17.5 Å². The molecule has 0 radical (unpaired) electrons. The van der Waals surface area contributed by atoms with Crippen molar-refractivity contribution in [3.05, 3.63) is 128 Å². The molecule has 0 bridgehead atoms. The average Bonchev–Trinajstić information content (AvgIpc) is 3.89. The number of pyridine rings is 1. The normalized spacial score (nSPS) is 11.7. The maximum absolute atomic E-state index is 5.15. The van der Waals surface area contributed by atoms with Crippen LogP contribution < -0.4 is 0 Å². The van der Waals surface area contributed by atoms with Gasteiger partial charge in [-0.05, 0) is 66.7 Å². The van der Waals surface area contributed by atoms with Crippen molar-refractivity contribution in [2.45, 2.75) is 0 Å². The highest BCUT2D eigenvalue weighted by Gasteiger charge is 2.23. The van der Waals surface area contributed by atoms with Crippen LogP contribution in [0, 0.1) is 0 Å². The van der Waals surface area contributed by atoms with Crippen molar-refractivity contribution >= 4 is 32.8 Å². The average molecular weight is 611 g/mol. The van der Waals surface area contributed by atoms with Crippen molar-refractivity contribution in [2.75, 3.05) is 0 Å². The van der Waals surface area contributed by atoms with E-state index in [0.29, 0.717) is 0 Å². The third-order valence-corrected chi connectivity index (χ3v) is 9.14. The van der Waals surface area contributed by atoms with Gasteiger partial charge in [0.15, 0.2) is 0 Å². The van der Waals surface area contributed by atoms with E-state index in [-0.39, 0.29) is 0 Å².